The van der Waals surface area contributed by atoms with E-state index in [-0.39, 0.29) is 17.8 Å². The van der Waals surface area contributed by atoms with Crippen LogP contribution in [0, 0.1) is 26.6 Å². The Labute approximate surface area is 136 Å². The van der Waals surface area contributed by atoms with E-state index in [9.17, 15) is 9.18 Å². The molecule has 2 rings (SSSR count). The number of halogens is 1. The molecule has 1 aromatic heterocycles. The van der Waals surface area contributed by atoms with E-state index in [1.54, 1.807) is 13.0 Å². The van der Waals surface area contributed by atoms with Crippen molar-refractivity contribution in [1.29, 1.82) is 0 Å². The molecule has 1 heterocycles. The SMILES string of the molecule is Cc1oc(C)c(C(=O)NCC(c2cccc(F)c2)N(C)C)c1C. The summed E-state index contributed by atoms with van der Waals surface area (Å²) in [6.45, 7) is 5.88. The molecule has 1 atom stereocenters. The monoisotopic (exact) mass is 318 g/mol. The number of hydrogen-bond acceptors (Lipinski definition) is 3. The molecule has 0 aliphatic carbocycles. The normalized spacial score (nSPS) is 12.5. The quantitative estimate of drug-likeness (QED) is 0.919. The molecule has 2 aromatic rings. The first-order valence-corrected chi connectivity index (χ1v) is 7.58. The lowest BCUT2D eigenvalue weighted by Crippen LogP contribution is -2.35. The number of rotatable bonds is 5. The van der Waals surface area contributed by atoms with Gasteiger partial charge in [0.1, 0.15) is 17.3 Å². The maximum Gasteiger partial charge on any atom is 0.255 e. The van der Waals surface area contributed by atoms with Gasteiger partial charge < -0.3 is 14.6 Å². The van der Waals surface area contributed by atoms with Gasteiger partial charge in [-0.1, -0.05) is 12.1 Å². The highest BCUT2D eigenvalue weighted by molar-refractivity contribution is 5.96. The van der Waals surface area contributed by atoms with E-state index in [1.807, 2.05) is 38.9 Å². The van der Waals surface area contributed by atoms with Crippen LogP contribution in [0.25, 0.3) is 0 Å². The molecule has 1 aromatic carbocycles. The summed E-state index contributed by atoms with van der Waals surface area (Å²) in [6, 6.07) is 6.34. The van der Waals surface area contributed by atoms with Gasteiger partial charge in [0.2, 0.25) is 0 Å². The average Bonchev–Trinajstić information content (AvgIpc) is 2.72. The second-order valence-corrected chi connectivity index (χ2v) is 5.96. The minimum Gasteiger partial charge on any atom is -0.466 e. The molecule has 0 bridgehead atoms. The summed E-state index contributed by atoms with van der Waals surface area (Å²) in [5.74, 6) is 0.921. The van der Waals surface area contributed by atoms with Crippen molar-refractivity contribution in [2.75, 3.05) is 20.6 Å². The van der Waals surface area contributed by atoms with Gasteiger partial charge in [0.15, 0.2) is 0 Å². The van der Waals surface area contributed by atoms with Crippen molar-refractivity contribution in [2.45, 2.75) is 26.8 Å². The van der Waals surface area contributed by atoms with E-state index in [0.717, 1.165) is 16.9 Å². The number of nitrogens with one attached hydrogen (secondary N) is 1. The predicted molar refractivity (Wildman–Crippen MR) is 88.1 cm³/mol. The number of furan rings is 1. The first-order valence-electron chi connectivity index (χ1n) is 7.58. The van der Waals surface area contributed by atoms with Crippen LogP contribution in [0.2, 0.25) is 0 Å². The van der Waals surface area contributed by atoms with Gasteiger partial charge in [0, 0.05) is 12.1 Å². The Hall–Kier alpha value is -2.14. The molecule has 0 fully saturated rings. The third-order valence-electron chi connectivity index (χ3n) is 4.10. The smallest absolute Gasteiger partial charge is 0.255 e. The van der Waals surface area contributed by atoms with E-state index in [2.05, 4.69) is 5.32 Å². The zero-order chi connectivity index (χ0) is 17.1. The van der Waals surface area contributed by atoms with E-state index in [4.69, 9.17) is 4.42 Å². The third-order valence-corrected chi connectivity index (χ3v) is 4.10. The van der Waals surface area contributed by atoms with Crippen LogP contribution < -0.4 is 5.32 Å². The van der Waals surface area contributed by atoms with Gasteiger partial charge in [-0.2, -0.15) is 0 Å². The average molecular weight is 318 g/mol. The van der Waals surface area contributed by atoms with Crippen molar-refractivity contribution < 1.29 is 13.6 Å². The number of amides is 1. The molecule has 0 radical (unpaired) electrons. The van der Waals surface area contributed by atoms with E-state index < -0.39 is 0 Å². The maximum atomic E-state index is 13.4. The number of benzene rings is 1. The van der Waals surface area contributed by atoms with Crippen molar-refractivity contribution in [3.63, 3.8) is 0 Å². The Morgan fingerprint density at radius 3 is 2.48 bits per heavy atom. The van der Waals surface area contributed by atoms with Crippen LogP contribution in [0.3, 0.4) is 0 Å². The van der Waals surface area contributed by atoms with Crippen molar-refractivity contribution >= 4 is 5.91 Å². The zero-order valence-corrected chi connectivity index (χ0v) is 14.2. The molecular formula is C18H23FN2O2. The molecule has 0 saturated heterocycles. The fourth-order valence-corrected chi connectivity index (χ4v) is 2.72. The van der Waals surface area contributed by atoms with Crippen molar-refractivity contribution in [2.24, 2.45) is 0 Å². The third kappa shape index (κ3) is 3.79. The van der Waals surface area contributed by atoms with Crippen molar-refractivity contribution in [1.82, 2.24) is 10.2 Å². The van der Waals surface area contributed by atoms with Crippen molar-refractivity contribution in [3.8, 4) is 0 Å². The van der Waals surface area contributed by atoms with E-state index in [0.29, 0.717) is 17.9 Å². The van der Waals surface area contributed by atoms with Crippen LogP contribution in [-0.4, -0.2) is 31.4 Å². The number of nitrogens with zero attached hydrogens (tertiary/aromatic N) is 1. The lowest BCUT2D eigenvalue weighted by molar-refractivity contribution is 0.0940. The van der Waals surface area contributed by atoms with Gasteiger partial charge >= 0.3 is 0 Å². The minimum atomic E-state index is -0.280. The second kappa shape index (κ2) is 6.96. The minimum absolute atomic E-state index is 0.108. The topological polar surface area (TPSA) is 45.5 Å². The fraction of sp³-hybridized carbons (Fsp3) is 0.389. The zero-order valence-electron chi connectivity index (χ0n) is 14.2. The van der Waals surface area contributed by atoms with Crippen LogP contribution in [0.5, 0.6) is 0 Å². The largest absolute Gasteiger partial charge is 0.466 e. The molecule has 124 valence electrons. The number of likely N-dealkylation sites (N-methyl/N-ethyl adjacent to an activating group) is 1. The predicted octanol–water partition coefficient (Wildman–Crippen LogP) is 3.38. The highest BCUT2D eigenvalue weighted by atomic mass is 19.1. The Bertz CT molecular complexity index is 707. The second-order valence-electron chi connectivity index (χ2n) is 5.96. The summed E-state index contributed by atoms with van der Waals surface area (Å²) in [7, 11) is 3.81. The fourth-order valence-electron chi connectivity index (χ4n) is 2.72. The Kier molecular flexibility index (Phi) is 5.21. The van der Waals surface area contributed by atoms with Gasteiger partial charge in [0.25, 0.3) is 5.91 Å². The molecule has 1 unspecified atom stereocenters. The van der Waals surface area contributed by atoms with Crippen molar-refractivity contribution in [3.05, 3.63) is 58.3 Å². The highest BCUT2D eigenvalue weighted by Gasteiger charge is 2.21. The molecule has 23 heavy (non-hydrogen) atoms. The van der Waals surface area contributed by atoms with Crippen LogP contribution in [-0.2, 0) is 0 Å². The number of aryl methyl sites for hydroxylation is 2. The molecule has 0 saturated carbocycles. The first kappa shape index (κ1) is 17.2. The van der Waals surface area contributed by atoms with Gasteiger partial charge in [0.05, 0.1) is 11.6 Å². The van der Waals surface area contributed by atoms with E-state index >= 15 is 0 Å². The molecule has 5 heteroatoms. The molecule has 1 N–H and O–H groups in total. The summed E-state index contributed by atoms with van der Waals surface area (Å²) < 4.78 is 18.9. The summed E-state index contributed by atoms with van der Waals surface area (Å²) in [5.41, 5.74) is 2.26. The van der Waals surface area contributed by atoms with Gasteiger partial charge in [-0.25, -0.2) is 4.39 Å². The maximum absolute atomic E-state index is 13.4. The van der Waals surface area contributed by atoms with Crippen LogP contribution in [0.1, 0.15) is 39.0 Å². The first-order chi connectivity index (χ1) is 10.8. The van der Waals surface area contributed by atoms with Crippen LogP contribution in [0.4, 0.5) is 4.39 Å². The summed E-state index contributed by atoms with van der Waals surface area (Å²) in [4.78, 5) is 14.4. The van der Waals surface area contributed by atoms with Gasteiger partial charge in [-0.3, -0.25) is 4.79 Å². The molecule has 0 spiro atoms. The van der Waals surface area contributed by atoms with Gasteiger partial charge in [-0.15, -0.1) is 0 Å². The Balaban J connectivity index is 2.14. The lowest BCUT2D eigenvalue weighted by atomic mass is 10.1. The standard InChI is InChI=1S/C18H23FN2O2/c1-11-12(2)23-13(3)17(11)18(22)20-10-16(21(4)5)14-7-6-8-15(19)9-14/h6-9,16H,10H2,1-5H3,(H,20,22). The van der Waals surface area contributed by atoms with Crippen LogP contribution >= 0.6 is 0 Å². The van der Waals surface area contributed by atoms with Gasteiger partial charge in [-0.05, 0) is 52.6 Å². The lowest BCUT2D eigenvalue weighted by Gasteiger charge is -2.25. The van der Waals surface area contributed by atoms with E-state index in [1.165, 1.54) is 12.1 Å². The Morgan fingerprint density at radius 2 is 1.96 bits per heavy atom. The highest BCUT2D eigenvalue weighted by Crippen LogP contribution is 2.22. The molecule has 0 aliphatic heterocycles. The number of hydrogen-bond donors (Lipinski definition) is 1. The molecule has 0 aliphatic rings. The summed E-state index contributed by atoms with van der Waals surface area (Å²) in [6.07, 6.45) is 0. The Morgan fingerprint density at radius 1 is 1.26 bits per heavy atom. The molecular weight excluding hydrogens is 295 g/mol. The summed E-state index contributed by atoms with van der Waals surface area (Å²) >= 11 is 0. The van der Waals surface area contributed by atoms with Crippen LogP contribution in [0.15, 0.2) is 28.7 Å². The molecule has 1 amide bonds. The number of carbonyl (C=O) groups excluding carboxylic acids is 1. The number of carbonyl (C=O) groups is 1. The molecule has 4 nitrogen and oxygen atoms in total. The summed E-state index contributed by atoms with van der Waals surface area (Å²) in [5, 5.41) is 2.93.